The van der Waals surface area contributed by atoms with Crippen molar-refractivity contribution >= 4 is 28.9 Å². The molecular formula is C17H20N2O4S. The topological polar surface area (TPSA) is 88.5 Å². The van der Waals surface area contributed by atoms with Crippen LogP contribution in [0.4, 0.5) is 5.69 Å². The molecule has 0 unspecified atom stereocenters. The van der Waals surface area contributed by atoms with Gasteiger partial charge in [-0.3, -0.25) is 4.79 Å². The summed E-state index contributed by atoms with van der Waals surface area (Å²) in [5.74, 6) is -1.33. The van der Waals surface area contributed by atoms with Crippen molar-refractivity contribution in [3.63, 3.8) is 0 Å². The van der Waals surface area contributed by atoms with Crippen molar-refractivity contribution in [2.75, 3.05) is 12.4 Å². The van der Waals surface area contributed by atoms with Gasteiger partial charge in [0.15, 0.2) is 0 Å². The number of amides is 1. The highest BCUT2D eigenvalue weighted by atomic mass is 32.1. The van der Waals surface area contributed by atoms with E-state index in [1.807, 2.05) is 0 Å². The number of aromatic carboxylic acids is 1. The Bertz CT molecular complexity index is 755. The van der Waals surface area contributed by atoms with Crippen molar-refractivity contribution in [3.05, 3.63) is 44.9 Å². The quantitative estimate of drug-likeness (QED) is 0.799. The van der Waals surface area contributed by atoms with Crippen LogP contribution in [0.25, 0.3) is 0 Å². The molecule has 6 nitrogen and oxygen atoms in total. The summed E-state index contributed by atoms with van der Waals surface area (Å²) in [7, 11) is 1.53. The van der Waals surface area contributed by atoms with Crippen molar-refractivity contribution in [2.24, 2.45) is 0 Å². The molecule has 2 rings (SSSR count). The lowest BCUT2D eigenvalue weighted by atomic mass is 10.1. The number of methoxy groups -OCH3 is 1. The third-order valence-electron chi connectivity index (χ3n) is 3.32. The molecule has 24 heavy (non-hydrogen) atoms. The maximum atomic E-state index is 12.5. The summed E-state index contributed by atoms with van der Waals surface area (Å²) in [6.07, 6.45) is 1.81. The molecule has 2 aromatic rings. The lowest BCUT2D eigenvalue weighted by Crippen LogP contribution is -2.12. The Morgan fingerprint density at radius 2 is 2.08 bits per heavy atom. The fourth-order valence-corrected chi connectivity index (χ4v) is 3.37. The summed E-state index contributed by atoms with van der Waals surface area (Å²) in [5, 5.41) is 12.9. The van der Waals surface area contributed by atoms with Crippen molar-refractivity contribution in [2.45, 2.75) is 33.3 Å². The summed E-state index contributed by atoms with van der Waals surface area (Å²) < 4.78 is 5.04. The van der Waals surface area contributed by atoms with E-state index in [1.54, 1.807) is 13.0 Å². The average Bonchev–Trinajstić information content (AvgIpc) is 2.88. The van der Waals surface area contributed by atoms with Crippen LogP contribution in [0.3, 0.4) is 0 Å². The summed E-state index contributed by atoms with van der Waals surface area (Å²) in [6.45, 7) is 4.13. The van der Waals surface area contributed by atoms with Crippen molar-refractivity contribution in [3.8, 4) is 0 Å². The zero-order chi connectivity index (χ0) is 17.7. The smallest absolute Gasteiger partial charge is 0.335 e. The highest BCUT2D eigenvalue weighted by molar-refractivity contribution is 7.13. The third kappa shape index (κ3) is 4.39. The Hall–Kier alpha value is -2.25. The number of carboxylic acids is 1. The number of ether oxygens (including phenoxy) is 1. The van der Waals surface area contributed by atoms with Crippen molar-refractivity contribution in [1.29, 1.82) is 0 Å². The van der Waals surface area contributed by atoms with Gasteiger partial charge in [-0.15, -0.1) is 11.3 Å². The van der Waals surface area contributed by atoms with Gasteiger partial charge in [0, 0.05) is 12.8 Å². The van der Waals surface area contributed by atoms with Crippen LogP contribution in [-0.4, -0.2) is 29.1 Å². The second-order valence-corrected chi connectivity index (χ2v) is 6.47. The number of hydrogen-bond acceptors (Lipinski definition) is 5. The molecule has 0 atom stereocenters. The minimum Gasteiger partial charge on any atom is -0.478 e. The molecular weight excluding hydrogens is 328 g/mol. The Morgan fingerprint density at radius 1 is 1.33 bits per heavy atom. The summed E-state index contributed by atoms with van der Waals surface area (Å²) in [6, 6.07) is 4.67. The molecule has 0 saturated carbocycles. The van der Waals surface area contributed by atoms with E-state index in [9.17, 15) is 14.7 Å². The van der Waals surface area contributed by atoms with Gasteiger partial charge in [0.25, 0.3) is 5.91 Å². The average molecular weight is 348 g/mol. The van der Waals surface area contributed by atoms with E-state index in [0.717, 1.165) is 17.8 Å². The van der Waals surface area contributed by atoms with E-state index in [1.165, 1.54) is 30.6 Å². The first-order valence-corrected chi connectivity index (χ1v) is 8.40. The number of nitrogens with one attached hydrogen (secondary N) is 1. The molecule has 1 amide bonds. The standard InChI is InChI=1S/C17H20N2O4S/c1-4-5-14-18-10(2)15(24-14)16(20)19-13-7-11(9-23-3)6-12(8-13)17(21)22/h6-8H,4-5,9H2,1-3H3,(H,19,20)(H,21,22). The fraction of sp³-hybridized carbons (Fsp3) is 0.353. The number of aryl methyl sites for hydroxylation is 2. The monoisotopic (exact) mass is 348 g/mol. The Balaban J connectivity index is 2.26. The van der Waals surface area contributed by atoms with E-state index in [-0.39, 0.29) is 18.1 Å². The van der Waals surface area contributed by atoms with Gasteiger partial charge in [0.2, 0.25) is 0 Å². The van der Waals surface area contributed by atoms with Crippen LogP contribution in [-0.2, 0) is 17.8 Å². The van der Waals surface area contributed by atoms with E-state index >= 15 is 0 Å². The molecule has 1 heterocycles. The van der Waals surface area contributed by atoms with E-state index in [2.05, 4.69) is 17.2 Å². The molecule has 1 aromatic heterocycles. The Labute approximate surface area is 144 Å². The maximum absolute atomic E-state index is 12.5. The molecule has 0 saturated heterocycles. The van der Waals surface area contributed by atoms with Crippen molar-refractivity contribution < 1.29 is 19.4 Å². The zero-order valence-electron chi connectivity index (χ0n) is 13.9. The first-order chi connectivity index (χ1) is 11.4. The third-order valence-corrected chi connectivity index (χ3v) is 4.54. The predicted octanol–water partition coefficient (Wildman–Crippen LogP) is 3.50. The number of thiazole rings is 1. The van der Waals surface area contributed by atoms with Gasteiger partial charge >= 0.3 is 5.97 Å². The number of carbonyl (C=O) groups excluding carboxylic acids is 1. The van der Waals surface area contributed by atoms with Crippen LogP contribution in [0.5, 0.6) is 0 Å². The lowest BCUT2D eigenvalue weighted by Gasteiger charge is -2.08. The highest BCUT2D eigenvalue weighted by Gasteiger charge is 2.16. The SMILES string of the molecule is CCCc1nc(C)c(C(=O)Nc2cc(COC)cc(C(=O)O)c2)s1. The summed E-state index contributed by atoms with van der Waals surface area (Å²) >= 11 is 1.37. The minimum atomic E-state index is -1.05. The van der Waals surface area contributed by atoms with Crippen LogP contribution >= 0.6 is 11.3 Å². The molecule has 0 fully saturated rings. The molecule has 128 valence electrons. The Kier molecular flexibility index (Phi) is 6.05. The molecule has 0 bridgehead atoms. The van der Waals surface area contributed by atoms with Gasteiger partial charge in [-0.1, -0.05) is 6.92 Å². The number of aromatic nitrogens is 1. The first-order valence-electron chi connectivity index (χ1n) is 7.58. The second kappa shape index (κ2) is 8.03. The molecule has 0 aliphatic carbocycles. The zero-order valence-corrected chi connectivity index (χ0v) is 14.7. The number of carboxylic acid groups (broad SMARTS) is 1. The number of hydrogen-bond donors (Lipinski definition) is 2. The number of carbonyl (C=O) groups is 2. The molecule has 2 N–H and O–H groups in total. The number of anilines is 1. The van der Waals surface area contributed by atoms with Crippen LogP contribution in [0.2, 0.25) is 0 Å². The summed E-state index contributed by atoms with van der Waals surface area (Å²) in [4.78, 5) is 28.7. The van der Waals surface area contributed by atoms with E-state index in [0.29, 0.717) is 21.8 Å². The normalized spacial score (nSPS) is 10.6. The number of nitrogens with zero attached hydrogens (tertiary/aromatic N) is 1. The molecule has 0 aliphatic heterocycles. The number of rotatable bonds is 7. The lowest BCUT2D eigenvalue weighted by molar-refractivity contribution is 0.0696. The molecule has 0 spiro atoms. The fourth-order valence-electron chi connectivity index (χ4n) is 2.31. The Morgan fingerprint density at radius 3 is 2.71 bits per heavy atom. The first kappa shape index (κ1) is 18.1. The van der Waals surface area contributed by atoms with Crippen LogP contribution in [0.15, 0.2) is 18.2 Å². The molecule has 7 heteroatoms. The maximum Gasteiger partial charge on any atom is 0.335 e. The van der Waals surface area contributed by atoms with Gasteiger partial charge in [-0.05, 0) is 43.5 Å². The van der Waals surface area contributed by atoms with Gasteiger partial charge in [0.05, 0.1) is 22.9 Å². The van der Waals surface area contributed by atoms with Crippen LogP contribution in [0.1, 0.15) is 49.6 Å². The molecule has 1 aromatic carbocycles. The largest absolute Gasteiger partial charge is 0.478 e. The number of benzene rings is 1. The van der Waals surface area contributed by atoms with E-state index < -0.39 is 5.97 Å². The summed E-state index contributed by atoms with van der Waals surface area (Å²) in [5.41, 5.74) is 1.90. The van der Waals surface area contributed by atoms with Gasteiger partial charge in [-0.2, -0.15) is 0 Å². The van der Waals surface area contributed by atoms with E-state index in [4.69, 9.17) is 4.74 Å². The highest BCUT2D eigenvalue weighted by Crippen LogP contribution is 2.22. The van der Waals surface area contributed by atoms with Gasteiger partial charge in [-0.25, -0.2) is 9.78 Å². The van der Waals surface area contributed by atoms with Gasteiger partial charge in [0.1, 0.15) is 4.88 Å². The molecule has 0 radical (unpaired) electrons. The van der Waals surface area contributed by atoms with Crippen molar-refractivity contribution in [1.82, 2.24) is 4.98 Å². The van der Waals surface area contributed by atoms with Crippen LogP contribution < -0.4 is 5.32 Å². The van der Waals surface area contributed by atoms with Gasteiger partial charge < -0.3 is 15.2 Å². The molecule has 0 aliphatic rings. The minimum absolute atomic E-state index is 0.104. The predicted molar refractivity (Wildman–Crippen MR) is 92.9 cm³/mol. The second-order valence-electron chi connectivity index (χ2n) is 5.38. The van der Waals surface area contributed by atoms with Crippen LogP contribution in [0, 0.1) is 6.92 Å².